The van der Waals surface area contributed by atoms with Gasteiger partial charge in [-0.05, 0) is 48.7 Å². The molecule has 4 nitrogen and oxygen atoms in total. The van der Waals surface area contributed by atoms with Crippen molar-refractivity contribution in [2.75, 3.05) is 13.1 Å². The first-order valence-electron chi connectivity index (χ1n) is 8.96. The SMILES string of the molecule is O=C(c1ccc2nccnc2c1)N1CCCC[C@@H](c2ccc(Cl)cc2)C1. The van der Waals surface area contributed by atoms with E-state index in [-0.39, 0.29) is 5.91 Å². The quantitative estimate of drug-likeness (QED) is 0.661. The van der Waals surface area contributed by atoms with Crippen LogP contribution in [0.3, 0.4) is 0 Å². The van der Waals surface area contributed by atoms with Gasteiger partial charge in [-0.2, -0.15) is 0 Å². The second-order valence-electron chi connectivity index (χ2n) is 6.76. The topological polar surface area (TPSA) is 46.1 Å². The summed E-state index contributed by atoms with van der Waals surface area (Å²) >= 11 is 6.01. The monoisotopic (exact) mass is 365 g/mol. The van der Waals surface area contributed by atoms with E-state index in [0.29, 0.717) is 11.5 Å². The van der Waals surface area contributed by atoms with Crippen molar-refractivity contribution in [3.63, 3.8) is 0 Å². The molecule has 2 heterocycles. The second-order valence-corrected chi connectivity index (χ2v) is 7.19. The van der Waals surface area contributed by atoms with Gasteiger partial charge >= 0.3 is 0 Å². The minimum atomic E-state index is 0.0680. The summed E-state index contributed by atoms with van der Waals surface area (Å²) in [6.45, 7) is 1.53. The highest BCUT2D eigenvalue weighted by molar-refractivity contribution is 6.30. The van der Waals surface area contributed by atoms with Crippen LogP contribution in [0.15, 0.2) is 54.9 Å². The Morgan fingerprint density at radius 2 is 1.77 bits per heavy atom. The average Bonchev–Trinajstić information content (AvgIpc) is 2.94. The van der Waals surface area contributed by atoms with Gasteiger partial charge in [0.05, 0.1) is 11.0 Å². The molecule has 3 aromatic rings. The number of hydrogen-bond donors (Lipinski definition) is 0. The molecule has 1 aliphatic rings. The molecule has 0 radical (unpaired) electrons. The molecule has 0 saturated carbocycles. The molecule has 0 unspecified atom stereocenters. The van der Waals surface area contributed by atoms with E-state index >= 15 is 0 Å². The van der Waals surface area contributed by atoms with Crippen LogP contribution in [-0.4, -0.2) is 33.9 Å². The van der Waals surface area contributed by atoms with Crippen molar-refractivity contribution < 1.29 is 4.79 Å². The van der Waals surface area contributed by atoms with Crippen LogP contribution in [-0.2, 0) is 0 Å². The lowest BCUT2D eigenvalue weighted by Gasteiger charge is -2.25. The smallest absolute Gasteiger partial charge is 0.253 e. The molecule has 0 N–H and O–H groups in total. The van der Waals surface area contributed by atoms with Crippen molar-refractivity contribution in [2.24, 2.45) is 0 Å². The van der Waals surface area contributed by atoms with Crippen molar-refractivity contribution in [1.82, 2.24) is 14.9 Å². The summed E-state index contributed by atoms with van der Waals surface area (Å²) in [5.74, 6) is 0.414. The highest BCUT2D eigenvalue weighted by Gasteiger charge is 2.24. The van der Waals surface area contributed by atoms with Crippen LogP contribution in [0.4, 0.5) is 0 Å². The van der Waals surface area contributed by atoms with Gasteiger partial charge in [0.25, 0.3) is 5.91 Å². The summed E-state index contributed by atoms with van der Waals surface area (Å²) < 4.78 is 0. The first-order chi connectivity index (χ1) is 12.7. The van der Waals surface area contributed by atoms with Gasteiger partial charge < -0.3 is 4.90 Å². The van der Waals surface area contributed by atoms with Crippen molar-refractivity contribution in [3.8, 4) is 0 Å². The summed E-state index contributed by atoms with van der Waals surface area (Å²) in [5, 5.41) is 0.743. The van der Waals surface area contributed by atoms with Gasteiger partial charge in [-0.15, -0.1) is 0 Å². The maximum absolute atomic E-state index is 13.1. The maximum atomic E-state index is 13.1. The number of carbonyl (C=O) groups excluding carboxylic acids is 1. The van der Waals surface area contributed by atoms with E-state index in [4.69, 9.17) is 11.6 Å². The Morgan fingerprint density at radius 1 is 1.00 bits per heavy atom. The highest BCUT2D eigenvalue weighted by Crippen LogP contribution is 2.28. The third-order valence-electron chi connectivity index (χ3n) is 5.02. The predicted octanol–water partition coefficient (Wildman–Crippen LogP) is 4.69. The molecule has 1 amide bonds. The van der Waals surface area contributed by atoms with E-state index in [9.17, 15) is 4.79 Å². The molecule has 2 aromatic carbocycles. The summed E-state index contributed by atoms with van der Waals surface area (Å²) in [7, 11) is 0. The fourth-order valence-corrected chi connectivity index (χ4v) is 3.74. The Hall–Kier alpha value is -2.46. The number of likely N-dealkylation sites (tertiary alicyclic amines) is 1. The molecule has 5 heteroatoms. The zero-order chi connectivity index (χ0) is 17.9. The van der Waals surface area contributed by atoms with Crippen molar-refractivity contribution in [3.05, 3.63) is 71.0 Å². The van der Waals surface area contributed by atoms with E-state index in [1.54, 1.807) is 12.4 Å². The van der Waals surface area contributed by atoms with Gasteiger partial charge in [0.2, 0.25) is 0 Å². The summed E-state index contributed by atoms with van der Waals surface area (Å²) in [4.78, 5) is 23.6. The van der Waals surface area contributed by atoms with E-state index in [1.165, 1.54) is 5.56 Å². The molecule has 1 fully saturated rings. The Morgan fingerprint density at radius 3 is 2.58 bits per heavy atom. The van der Waals surface area contributed by atoms with Crippen LogP contribution < -0.4 is 0 Å². The van der Waals surface area contributed by atoms with Crippen LogP contribution >= 0.6 is 11.6 Å². The summed E-state index contributed by atoms with van der Waals surface area (Å²) in [5.41, 5.74) is 3.48. The van der Waals surface area contributed by atoms with Gasteiger partial charge in [0.1, 0.15) is 0 Å². The molecule has 26 heavy (non-hydrogen) atoms. The number of nitrogens with zero attached hydrogens (tertiary/aromatic N) is 3. The van der Waals surface area contributed by atoms with Gasteiger partial charge in [-0.1, -0.05) is 30.2 Å². The molecule has 0 bridgehead atoms. The van der Waals surface area contributed by atoms with Crippen molar-refractivity contribution >= 4 is 28.5 Å². The number of carbonyl (C=O) groups is 1. The fraction of sp³-hybridized carbons (Fsp3) is 0.286. The van der Waals surface area contributed by atoms with E-state index in [0.717, 1.165) is 48.4 Å². The lowest BCUT2D eigenvalue weighted by molar-refractivity contribution is 0.0754. The fourth-order valence-electron chi connectivity index (χ4n) is 3.61. The second kappa shape index (κ2) is 7.42. The lowest BCUT2D eigenvalue weighted by Crippen LogP contribution is -2.34. The minimum Gasteiger partial charge on any atom is -0.338 e. The summed E-state index contributed by atoms with van der Waals surface area (Å²) in [6, 6.07) is 13.6. The molecule has 1 aliphatic heterocycles. The normalized spacial score (nSPS) is 17.9. The van der Waals surface area contributed by atoms with Crippen molar-refractivity contribution in [1.29, 1.82) is 0 Å². The van der Waals surface area contributed by atoms with Crippen molar-refractivity contribution in [2.45, 2.75) is 25.2 Å². The number of amides is 1. The molecule has 1 saturated heterocycles. The largest absolute Gasteiger partial charge is 0.338 e. The summed E-state index contributed by atoms with van der Waals surface area (Å²) in [6.07, 6.45) is 6.56. The number of hydrogen-bond acceptors (Lipinski definition) is 3. The third-order valence-corrected chi connectivity index (χ3v) is 5.27. The van der Waals surface area contributed by atoms with E-state index < -0.39 is 0 Å². The van der Waals surface area contributed by atoms with Crippen LogP contribution in [0.5, 0.6) is 0 Å². The standard InChI is InChI=1S/C21H20ClN3O/c22-18-7-4-15(5-8-18)17-3-1-2-12-25(14-17)21(26)16-6-9-19-20(13-16)24-11-10-23-19/h4-11,13,17H,1-3,12,14H2/t17-/m1/s1. The molecule has 0 aliphatic carbocycles. The zero-order valence-corrected chi connectivity index (χ0v) is 15.2. The molecular formula is C21H20ClN3O. The minimum absolute atomic E-state index is 0.0680. The highest BCUT2D eigenvalue weighted by atomic mass is 35.5. The predicted molar refractivity (Wildman–Crippen MR) is 103 cm³/mol. The van der Waals surface area contributed by atoms with Crippen LogP contribution in [0.1, 0.15) is 41.1 Å². The average molecular weight is 366 g/mol. The molecular weight excluding hydrogens is 346 g/mol. The molecule has 4 rings (SSSR count). The molecule has 1 aromatic heterocycles. The zero-order valence-electron chi connectivity index (χ0n) is 14.4. The Bertz CT molecular complexity index is 926. The molecule has 1 atom stereocenters. The van der Waals surface area contributed by atoms with Gasteiger partial charge in [0, 0.05) is 42.0 Å². The van der Waals surface area contributed by atoms with Crippen LogP contribution in [0, 0.1) is 0 Å². The Kier molecular flexibility index (Phi) is 4.85. The number of halogens is 1. The molecule has 132 valence electrons. The maximum Gasteiger partial charge on any atom is 0.253 e. The first-order valence-corrected chi connectivity index (χ1v) is 9.34. The number of rotatable bonds is 2. The molecule has 0 spiro atoms. The number of aromatic nitrogens is 2. The Labute approximate surface area is 157 Å². The van der Waals surface area contributed by atoms with E-state index in [2.05, 4.69) is 22.1 Å². The first kappa shape index (κ1) is 17.0. The van der Waals surface area contributed by atoms with E-state index in [1.807, 2.05) is 35.2 Å². The van der Waals surface area contributed by atoms with Gasteiger partial charge in [-0.3, -0.25) is 14.8 Å². The van der Waals surface area contributed by atoms with Crippen LogP contribution in [0.2, 0.25) is 5.02 Å². The lowest BCUT2D eigenvalue weighted by atomic mass is 9.94. The Balaban J connectivity index is 1.58. The third kappa shape index (κ3) is 3.56. The number of benzene rings is 2. The number of fused-ring (bicyclic) bond motifs is 1. The van der Waals surface area contributed by atoms with Gasteiger partial charge in [0.15, 0.2) is 0 Å². The van der Waals surface area contributed by atoms with Crippen LogP contribution in [0.25, 0.3) is 11.0 Å². The van der Waals surface area contributed by atoms with Gasteiger partial charge in [-0.25, -0.2) is 0 Å².